The van der Waals surface area contributed by atoms with E-state index in [1.54, 1.807) is 40.0 Å². The van der Waals surface area contributed by atoms with Crippen LogP contribution in [0.3, 0.4) is 0 Å². The van der Waals surface area contributed by atoms with Crippen LogP contribution in [0, 0.1) is 0 Å². The summed E-state index contributed by atoms with van der Waals surface area (Å²) in [7, 11) is 0.217. The molecule has 0 radical (unpaired) electrons. The van der Waals surface area contributed by atoms with Gasteiger partial charge >= 0.3 is 5.69 Å². The molecule has 0 aliphatic carbocycles. The molecular formula is C31H33N5O5S. The van der Waals surface area contributed by atoms with Gasteiger partial charge in [-0.1, -0.05) is 18.2 Å². The normalized spacial score (nSPS) is 15.0. The van der Waals surface area contributed by atoms with Crippen LogP contribution in [0.15, 0.2) is 71.8 Å². The first-order valence-corrected chi connectivity index (χ1v) is 15.7. The summed E-state index contributed by atoms with van der Waals surface area (Å²) < 4.78 is 39.3. The quantitative estimate of drug-likeness (QED) is 0.252. The predicted octanol–water partition coefficient (Wildman–Crippen LogP) is 4.10. The van der Waals surface area contributed by atoms with E-state index in [2.05, 4.69) is 22.1 Å². The minimum atomic E-state index is -3.17. The molecule has 0 saturated carbocycles. The molecule has 11 heteroatoms. The number of hydrogen-bond donors (Lipinski definition) is 0. The summed E-state index contributed by atoms with van der Waals surface area (Å²) in [6.45, 7) is 1.96. The van der Waals surface area contributed by atoms with Crippen LogP contribution in [0.25, 0.3) is 38.8 Å². The third-order valence-electron chi connectivity index (χ3n) is 8.04. The van der Waals surface area contributed by atoms with Crippen LogP contribution in [0.2, 0.25) is 0 Å². The average Bonchev–Trinajstić information content (AvgIpc) is 3.27. The summed E-state index contributed by atoms with van der Waals surface area (Å²) in [5, 5.41) is 0.861. The van der Waals surface area contributed by atoms with E-state index in [-0.39, 0.29) is 11.6 Å². The van der Waals surface area contributed by atoms with E-state index in [1.807, 2.05) is 42.5 Å². The van der Waals surface area contributed by atoms with Crippen LogP contribution in [0.4, 0.5) is 0 Å². The van der Waals surface area contributed by atoms with Crippen LogP contribution in [-0.4, -0.2) is 71.5 Å². The van der Waals surface area contributed by atoms with Gasteiger partial charge in [0.15, 0.2) is 0 Å². The molecule has 42 heavy (non-hydrogen) atoms. The van der Waals surface area contributed by atoms with E-state index in [0.29, 0.717) is 32.2 Å². The zero-order chi connectivity index (χ0) is 29.4. The lowest BCUT2D eigenvalue weighted by atomic mass is 9.90. The Balaban J connectivity index is 1.35. The zero-order valence-corrected chi connectivity index (χ0v) is 24.7. The molecule has 0 N–H and O–H groups in total. The Bertz CT molecular complexity index is 1910. The Morgan fingerprint density at radius 3 is 2.33 bits per heavy atom. The first-order chi connectivity index (χ1) is 20.2. The van der Waals surface area contributed by atoms with E-state index in [0.717, 1.165) is 57.2 Å². The molecule has 1 saturated heterocycles. The van der Waals surface area contributed by atoms with Crippen molar-refractivity contribution in [3.8, 4) is 22.7 Å². The van der Waals surface area contributed by atoms with Crippen LogP contribution in [0.5, 0.6) is 5.88 Å². The van der Waals surface area contributed by atoms with Crippen molar-refractivity contribution in [2.24, 2.45) is 7.05 Å². The van der Waals surface area contributed by atoms with Crippen molar-refractivity contribution in [3.05, 3.63) is 83.0 Å². The number of aromatic nitrogens is 4. The van der Waals surface area contributed by atoms with Crippen molar-refractivity contribution in [2.75, 3.05) is 39.7 Å². The standard InChI is InChI=1S/C31H33N5O5S/c1-34-28-20-32-27-10-6-23(24-7-11-29(33-19-24)41-17-16-40-2)18-26(27)30(28)36(31(34)37)25-8-4-21(5-9-25)22-12-14-35(15-13-22)42(3,38)39/h4-11,18-20,22H,12-17H2,1-3H3. The highest BCUT2D eigenvalue weighted by molar-refractivity contribution is 7.88. The average molecular weight is 588 g/mol. The van der Waals surface area contributed by atoms with Gasteiger partial charge in [0, 0.05) is 50.5 Å². The molecule has 0 spiro atoms. The molecule has 218 valence electrons. The number of rotatable bonds is 8. The molecule has 1 fully saturated rings. The lowest BCUT2D eigenvalue weighted by Gasteiger charge is -2.30. The second kappa shape index (κ2) is 11.3. The summed E-state index contributed by atoms with van der Waals surface area (Å²) in [6.07, 6.45) is 6.32. The number of ether oxygens (including phenoxy) is 2. The minimum Gasteiger partial charge on any atom is -0.475 e. The molecule has 10 nitrogen and oxygen atoms in total. The van der Waals surface area contributed by atoms with E-state index >= 15 is 0 Å². The molecule has 3 aromatic heterocycles. The molecule has 0 bridgehead atoms. The largest absolute Gasteiger partial charge is 0.475 e. The first-order valence-electron chi connectivity index (χ1n) is 13.9. The van der Waals surface area contributed by atoms with Crippen molar-refractivity contribution >= 4 is 32.0 Å². The van der Waals surface area contributed by atoms with E-state index in [1.165, 1.54) is 6.26 Å². The van der Waals surface area contributed by atoms with Gasteiger partial charge in [-0.25, -0.2) is 22.5 Å². The van der Waals surface area contributed by atoms with Crippen molar-refractivity contribution < 1.29 is 17.9 Å². The minimum absolute atomic E-state index is 0.154. The molecule has 0 amide bonds. The van der Waals surface area contributed by atoms with Crippen LogP contribution in [-0.2, 0) is 21.8 Å². The first kappa shape index (κ1) is 28.1. The monoisotopic (exact) mass is 587 g/mol. The zero-order valence-electron chi connectivity index (χ0n) is 23.9. The maximum Gasteiger partial charge on any atom is 0.333 e. The topological polar surface area (TPSA) is 109 Å². The molecule has 2 aromatic carbocycles. The number of hydrogen-bond acceptors (Lipinski definition) is 7. The highest BCUT2D eigenvalue weighted by Crippen LogP contribution is 2.32. The third-order valence-corrected chi connectivity index (χ3v) is 9.34. The number of imidazole rings is 1. The highest BCUT2D eigenvalue weighted by Gasteiger charge is 2.26. The summed E-state index contributed by atoms with van der Waals surface area (Å²) in [5.74, 6) is 0.807. The van der Waals surface area contributed by atoms with E-state index in [4.69, 9.17) is 9.47 Å². The lowest BCUT2D eigenvalue weighted by Crippen LogP contribution is -2.37. The summed E-state index contributed by atoms with van der Waals surface area (Å²) >= 11 is 0. The second-order valence-electron chi connectivity index (χ2n) is 10.7. The number of methoxy groups -OCH3 is 1. The Morgan fingerprint density at radius 2 is 1.67 bits per heavy atom. The number of pyridine rings is 2. The number of nitrogens with zero attached hydrogens (tertiary/aromatic N) is 5. The van der Waals surface area contributed by atoms with Crippen molar-refractivity contribution in [1.29, 1.82) is 0 Å². The predicted molar refractivity (Wildman–Crippen MR) is 163 cm³/mol. The molecule has 0 atom stereocenters. The number of fused-ring (bicyclic) bond motifs is 3. The van der Waals surface area contributed by atoms with Gasteiger partial charge in [-0.3, -0.25) is 14.1 Å². The smallest absolute Gasteiger partial charge is 0.333 e. The summed E-state index contributed by atoms with van der Waals surface area (Å²) in [6, 6.07) is 17.9. The van der Waals surface area contributed by atoms with Gasteiger partial charge in [-0.15, -0.1) is 0 Å². The van der Waals surface area contributed by atoms with Crippen LogP contribution in [0.1, 0.15) is 24.3 Å². The molecule has 0 unspecified atom stereocenters. The number of aryl methyl sites for hydroxylation is 1. The fraction of sp³-hybridized carbons (Fsp3) is 0.323. The number of sulfonamides is 1. The van der Waals surface area contributed by atoms with E-state index < -0.39 is 10.0 Å². The van der Waals surface area contributed by atoms with E-state index in [9.17, 15) is 13.2 Å². The maximum absolute atomic E-state index is 13.6. The number of benzene rings is 2. The van der Waals surface area contributed by atoms with Crippen LogP contribution < -0.4 is 10.4 Å². The molecular weight excluding hydrogens is 554 g/mol. The highest BCUT2D eigenvalue weighted by atomic mass is 32.2. The van der Waals surface area contributed by atoms with Gasteiger partial charge in [0.1, 0.15) is 6.61 Å². The fourth-order valence-corrected chi connectivity index (χ4v) is 6.57. The van der Waals surface area contributed by atoms with Gasteiger partial charge in [-0.05, 0) is 60.2 Å². The third kappa shape index (κ3) is 5.31. The van der Waals surface area contributed by atoms with Gasteiger partial charge < -0.3 is 9.47 Å². The molecule has 4 heterocycles. The number of piperidine rings is 1. The molecule has 1 aliphatic heterocycles. The van der Waals surface area contributed by atoms with Crippen molar-refractivity contribution in [2.45, 2.75) is 18.8 Å². The fourth-order valence-electron chi connectivity index (χ4n) is 5.70. The SMILES string of the molecule is COCCOc1ccc(-c2ccc3ncc4c(c3c2)n(-c2ccc(C3CCN(S(C)(=O)=O)CC3)cc2)c(=O)n4C)cn1. The summed E-state index contributed by atoms with van der Waals surface area (Å²) in [4.78, 5) is 22.6. The summed E-state index contributed by atoms with van der Waals surface area (Å²) in [5.41, 5.74) is 5.94. The van der Waals surface area contributed by atoms with Gasteiger partial charge in [0.05, 0.1) is 41.3 Å². The molecule has 5 aromatic rings. The van der Waals surface area contributed by atoms with Crippen molar-refractivity contribution in [3.63, 3.8) is 0 Å². The van der Waals surface area contributed by atoms with Gasteiger partial charge in [-0.2, -0.15) is 0 Å². The van der Waals surface area contributed by atoms with Crippen molar-refractivity contribution in [1.82, 2.24) is 23.4 Å². The van der Waals surface area contributed by atoms with Crippen LogP contribution >= 0.6 is 0 Å². The Labute approximate surface area is 244 Å². The van der Waals surface area contributed by atoms with Gasteiger partial charge in [0.2, 0.25) is 15.9 Å². The Kier molecular flexibility index (Phi) is 7.56. The lowest BCUT2D eigenvalue weighted by molar-refractivity contribution is 0.144. The molecule has 1 aliphatic rings. The Hall–Kier alpha value is -4.06. The Morgan fingerprint density at radius 1 is 0.929 bits per heavy atom. The second-order valence-corrected chi connectivity index (χ2v) is 12.6. The van der Waals surface area contributed by atoms with Gasteiger partial charge in [0.25, 0.3) is 0 Å². The maximum atomic E-state index is 13.6. The molecule has 6 rings (SSSR count).